The molecule has 0 saturated carbocycles. The predicted molar refractivity (Wildman–Crippen MR) is 90.1 cm³/mol. The second-order valence-electron chi connectivity index (χ2n) is 5.57. The van der Waals surface area contributed by atoms with E-state index in [2.05, 4.69) is 15.2 Å². The third kappa shape index (κ3) is 3.74. The van der Waals surface area contributed by atoms with Crippen molar-refractivity contribution in [2.75, 3.05) is 0 Å². The summed E-state index contributed by atoms with van der Waals surface area (Å²) < 4.78 is 32.6. The molecule has 2 heterocycles. The smallest absolute Gasteiger partial charge is 0.328 e. The Morgan fingerprint density at radius 3 is 2.73 bits per heavy atom. The van der Waals surface area contributed by atoms with E-state index in [0.29, 0.717) is 22.6 Å². The summed E-state index contributed by atoms with van der Waals surface area (Å²) in [4.78, 5) is 26.3. The lowest BCUT2D eigenvalue weighted by molar-refractivity contribution is 0.419. The van der Waals surface area contributed by atoms with Crippen molar-refractivity contribution in [3.8, 4) is 0 Å². The van der Waals surface area contributed by atoms with E-state index in [0.717, 1.165) is 28.5 Å². The molecule has 0 fully saturated rings. The summed E-state index contributed by atoms with van der Waals surface area (Å²) >= 11 is 1.16. The molecule has 3 rings (SSSR count). The van der Waals surface area contributed by atoms with Gasteiger partial charge in [0.15, 0.2) is 11.6 Å². The van der Waals surface area contributed by atoms with Gasteiger partial charge in [-0.1, -0.05) is 17.8 Å². The molecule has 10 heteroatoms. The molecule has 136 valence electrons. The Morgan fingerprint density at radius 2 is 2.00 bits per heavy atom. The third-order valence-electron chi connectivity index (χ3n) is 3.74. The van der Waals surface area contributed by atoms with Crippen molar-refractivity contribution in [3.63, 3.8) is 0 Å². The molecule has 1 aromatic carbocycles. The van der Waals surface area contributed by atoms with E-state index in [4.69, 9.17) is 4.42 Å². The first-order valence-electron chi connectivity index (χ1n) is 7.53. The molecule has 2 aromatic heterocycles. The van der Waals surface area contributed by atoms with Crippen molar-refractivity contribution >= 4 is 11.8 Å². The van der Waals surface area contributed by atoms with Gasteiger partial charge < -0.3 is 9.40 Å². The van der Waals surface area contributed by atoms with Gasteiger partial charge in [0.05, 0.1) is 6.42 Å². The quantitative estimate of drug-likeness (QED) is 0.680. The molecule has 0 spiro atoms. The maximum atomic E-state index is 13.2. The van der Waals surface area contributed by atoms with Gasteiger partial charge in [0.2, 0.25) is 5.89 Å². The Bertz CT molecular complexity index is 1070. The summed E-state index contributed by atoms with van der Waals surface area (Å²) in [6.45, 7) is 1.62. The lowest BCUT2D eigenvalue weighted by Gasteiger charge is -2.04. The lowest BCUT2D eigenvalue weighted by atomic mass is 10.2. The van der Waals surface area contributed by atoms with Gasteiger partial charge in [-0.3, -0.25) is 9.36 Å². The summed E-state index contributed by atoms with van der Waals surface area (Å²) in [5.74, 6) is -1.29. The Morgan fingerprint density at radius 1 is 1.23 bits per heavy atom. The van der Waals surface area contributed by atoms with Gasteiger partial charge in [-0.05, 0) is 24.6 Å². The average Bonchev–Trinajstić information content (AvgIpc) is 3.05. The number of aryl methyl sites for hydroxylation is 1. The van der Waals surface area contributed by atoms with Crippen LogP contribution >= 0.6 is 11.8 Å². The number of hydrogen-bond donors (Lipinski definition) is 1. The van der Waals surface area contributed by atoms with Crippen LogP contribution in [0.3, 0.4) is 0 Å². The van der Waals surface area contributed by atoms with Crippen LogP contribution in [-0.2, 0) is 19.2 Å². The van der Waals surface area contributed by atoms with Crippen LogP contribution in [0.5, 0.6) is 0 Å². The highest BCUT2D eigenvalue weighted by Gasteiger charge is 2.14. The number of nitrogens with one attached hydrogen (secondary N) is 1. The first-order valence-corrected chi connectivity index (χ1v) is 8.51. The third-order valence-corrected chi connectivity index (χ3v) is 4.63. The highest BCUT2D eigenvalue weighted by molar-refractivity contribution is 7.98. The number of H-pyrrole nitrogens is 1. The van der Waals surface area contributed by atoms with E-state index in [1.165, 1.54) is 13.1 Å². The van der Waals surface area contributed by atoms with Gasteiger partial charge in [-0.25, -0.2) is 13.6 Å². The van der Waals surface area contributed by atoms with E-state index < -0.39 is 22.9 Å². The number of halogens is 2. The van der Waals surface area contributed by atoms with E-state index in [1.54, 1.807) is 6.92 Å². The molecule has 0 atom stereocenters. The van der Waals surface area contributed by atoms with Crippen LogP contribution < -0.4 is 11.2 Å². The number of rotatable bonds is 5. The van der Waals surface area contributed by atoms with Gasteiger partial charge in [0.25, 0.3) is 10.8 Å². The number of aromatic amines is 1. The van der Waals surface area contributed by atoms with E-state index in [9.17, 15) is 18.4 Å². The number of nitrogens with zero attached hydrogens (tertiary/aromatic N) is 3. The molecule has 0 unspecified atom stereocenters. The van der Waals surface area contributed by atoms with Crippen LogP contribution in [0.2, 0.25) is 0 Å². The Kier molecular flexibility index (Phi) is 5.03. The zero-order valence-corrected chi connectivity index (χ0v) is 14.7. The van der Waals surface area contributed by atoms with Crippen LogP contribution in [0.4, 0.5) is 8.78 Å². The summed E-state index contributed by atoms with van der Waals surface area (Å²) in [6.07, 6.45) is 0.0774. The second-order valence-corrected chi connectivity index (χ2v) is 6.50. The molecule has 0 radical (unpaired) electrons. The highest BCUT2D eigenvalue weighted by Crippen LogP contribution is 2.23. The Labute approximate surface area is 150 Å². The predicted octanol–water partition coefficient (Wildman–Crippen LogP) is 1.93. The van der Waals surface area contributed by atoms with Crippen molar-refractivity contribution in [3.05, 3.63) is 73.4 Å². The molecule has 0 bridgehead atoms. The molecule has 1 N–H and O–H groups in total. The summed E-state index contributed by atoms with van der Waals surface area (Å²) in [7, 11) is 1.38. The fourth-order valence-corrected chi connectivity index (χ4v) is 3.00. The number of thioether (sulfide) groups is 1. The number of benzene rings is 1. The van der Waals surface area contributed by atoms with Crippen molar-refractivity contribution < 1.29 is 13.2 Å². The van der Waals surface area contributed by atoms with Crippen LogP contribution in [0.15, 0.2) is 37.4 Å². The van der Waals surface area contributed by atoms with Crippen LogP contribution in [0, 0.1) is 18.6 Å². The van der Waals surface area contributed by atoms with Crippen molar-refractivity contribution in [1.82, 2.24) is 19.7 Å². The summed E-state index contributed by atoms with van der Waals surface area (Å²) in [6, 6.07) is 3.63. The number of hydrogen-bond acceptors (Lipinski definition) is 6. The maximum Gasteiger partial charge on any atom is 0.328 e. The SMILES string of the molecule is Cc1[nH]c(=O)n(C)c(=O)c1Cc1nnc(SCc2ccc(F)c(F)c2)o1. The Balaban J connectivity index is 1.72. The molecule has 0 aliphatic heterocycles. The molecule has 0 saturated heterocycles. The molecule has 26 heavy (non-hydrogen) atoms. The molecular formula is C16H14F2N4O3S. The van der Waals surface area contributed by atoms with Gasteiger partial charge in [0, 0.05) is 24.1 Å². The first kappa shape index (κ1) is 18.1. The van der Waals surface area contributed by atoms with Gasteiger partial charge in [-0.15, -0.1) is 10.2 Å². The number of aromatic nitrogens is 4. The largest absolute Gasteiger partial charge is 0.416 e. The van der Waals surface area contributed by atoms with Crippen LogP contribution in [0.1, 0.15) is 22.7 Å². The van der Waals surface area contributed by atoms with E-state index >= 15 is 0 Å². The van der Waals surface area contributed by atoms with Gasteiger partial charge >= 0.3 is 5.69 Å². The van der Waals surface area contributed by atoms with E-state index in [-0.39, 0.29) is 17.5 Å². The van der Waals surface area contributed by atoms with Crippen molar-refractivity contribution in [2.24, 2.45) is 7.05 Å². The minimum absolute atomic E-state index is 0.0774. The normalized spacial score (nSPS) is 11.1. The molecule has 7 nitrogen and oxygen atoms in total. The second kappa shape index (κ2) is 7.24. The maximum absolute atomic E-state index is 13.2. The Hall–Kier alpha value is -2.75. The van der Waals surface area contributed by atoms with Crippen molar-refractivity contribution in [1.29, 1.82) is 0 Å². The topological polar surface area (TPSA) is 93.8 Å². The zero-order chi connectivity index (χ0) is 18.8. The fourth-order valence-electron chi connectivity index (χ4n) is 2.28. The van der Waals surface area contributed by atoms with Gasteiger partial charge in [0.1, 0.15) is 0 Å². The summed E-state index contributed by atoms with van der Waals surface area (Å²) in [5, 5.41) is 7.98. The fraction of sp³-hybridized carbons (Fsp3) is 0.250. The minimum atomic E-state index is -0.918. The lowest BCUT2D eigenvalue weighted by Crippen LogP contribution is -2.36. The summed E-state index contributed by atoms with van der Waals surface area (Å²) in [5.41, 5.74) is 0.434. The monoisotopic (exact) mass is 380 g/mol. The average molecular weight is 380 g/mol. The standard InChI is InChI=1S/C16H14F2N4O3S/c1-8-10(14(23)22(2)15(24)19-8)6-13-20-21-16(25-13)26-7-9-3-4-11(17)12(18)5-9/h3-5H,6-7H2,1-2H3,(H,19,24). The minimum Gasteiger partial charge on any atom is -0.416 e. The molecular weight excluding hydrogens is 366 g/mol. The van der Waals surface area contributed by atoms with E-state index in [1.807, 2.05) is 0 Å². The highest BCUT2D eigenvalue weighted by atomic mass is 32.2. The molecule has 0 amide bonds. The van der Waals surface area contributed by atoms with Crippen LogP contribution in [-0.4, -0.2) is 19.7 Å². The first-order chi connectivity index (χ1) is 12.3. The molecule has 3 aromatic rings. The van der Waals surface area contributed by atoms with Gasteiger partial charge in [-0.2, -0.15) is 0 Å². The van der Waals surface area contributed by atoms with Crippen molar-refractivity contribution in [2.45, 2.75) is 24.3 Å². The van der Waals surface area contributed by atoms with Crippen LogP contribution in [0.25, 0.3) is 0 Å². The molecule has 0 aliphatic carbocycles. The zero-order valence-electron chi connectivity index (χ0n) is 13.9. The molecule has 0 aliphatic rings.